The highest BCUT2D eigenvalue weighted by atomic mass is 16.5. The number of amides is 3. The molecule has 0 bridgehead atoms. The molecule has 3 aromatic carbocycles. The van der Waals surface area contributed by atoms with Crippen LogP contribution in [0.2, 0.25) is 0 Å². The number of fused-ring (bicyclic) bond motifs is 6. The number of carbonyl (C=O) groups excluding carboxylic acids is 3. The van der Waals surface area contributed by atoms with Gasteiger partial charge in [-0.25, -0.2) is 19.6 Å². The number of methoxy groups -OCH3 is 2. The fraction of sp³-hybridized carbons (Fsp3) is 0.549. The van der Waals surface area contributed by atoms with Crippen molar-refractivity contribution in [3.05, 3.63) is 65.9 Å². The molecule has 0 spiro atoms. The van der Waals surface area contributed by atoms with E-state index in [0.29, 0.717) is 45.3 Å². The van der Waals surface area contributed by atoms with Crippen LogP contribution >= 0.6 is 0 Å². The third kappa shape index (κ3) is 8.28. The number of carbonyl (C=O) groups is 3. The van der Waals surface area contributed by atoms with Crippen molar-refractivity contribution in [2.75, 3.05) is 34.0 Å². The minimum absolute atomic E-state index is 0.0284. The van der Waals surface area contributed by atoms with E-state index in [4.69, 9.17) is 33.7 Å². The van der Waals surface area contributed by atoms with Crippen LogP contribution in [0.4, 0.5) is 9.59 Å². The first kappa shape index (κ1) is 45.1. The summed E-state index contributed by atoms with van der Waals surface area (Å²) in [5, 5.41) is 7.97. The van der Waals surface area contributed by atoms with E-state index in [1.807, 2.05) is 11.1 Å². The van der Waals surface area contributed by atoms with Crippen LogP contribution in [0.3, 0.4) is 0 Å². The van der Waals surface area contributed by atoms with Crippen molar-refractivity contribution in [2.45, 2.75) is 134 Å². The summed E-state index contributed by atoms with van der Waals surface area (Å²) >= 11 is 0. The van der Waals surface area contributed by atoms with Gasteiger partial charge in [0.1, 0.15) is 30.0 Å². The van der Waals surface area contributed by atoms with E-state index in [0.717, 1.165) is 106 Å². The van der Waals surface area contributed by atoms with Gasteiger partial charge in [0.25, 0.3) is 0 Å². The fourth-order valence-electron chi connectivity index (χ4n) is 11.7. The van der Waals surface area contributed by atoms with Gasteiger partial charge in [-0.3, -0.25) is 9.69 Å². The molecule has 0 radical (unpaired) electrons. The SMILES string of the molecule is CC[C@H]1CC[C@@H](c2ncc(-c3ccc4c(c3)COc3cc5c(ccc6[nH]c([C@@H]7CC[C@H](C)N7C(=O)[C@@H](NC(=O)OC)C7CCOCC7)nc65)cc3-4)[nH]2)N1C1COC1[C@@H](NC(=O)OC)[C@@H](C)CC. The molecule has 16 nitrogen and oxygen atoms in total. The van der Waals surface area contributed by atoms with Crippen molar-refractivity contribution >= 4 is 39.9 Å². The molecule has 10 rings (SSSR count). The zero-order chi connectivity index (χ0) is 46.5. The summed E-state index contributed by atoms with van der Waals surface area (Å²) in [7, 11) is 2.73. The molecule has 5 aromatic rings. The van der Waals surface area contributed by atoms with Gasteiger partial charge in [-0.05, 0) is 110 Å². The van der Waals surface area contributed by atoms with Crippen molar-refractivity contribution < 1.29 is 38.1 Å². The molecule has 67 heavy (non-hydrogen) atoms. The number of hydrogen-bond donors (Lipinski definition) is 4. The van der Waals surface area contributed by atoms with Gasteiger partial charge < -0.3 is 49.2 Å². The van der Waals surface area contributed by atoms with Crippen LogP contribution in [0.1, 0.15) is 108 Å². The maximum atomic E-state index is 14.4. The number of aromatic nitrogens is 4. The van der Waals surface area contributed by atoms with Gasteiger partial charge in [0.2, 0.25) is 5.91 Å². The molecular weight excluding hydrogens is 853 g/mol. The minimum Gasteiger partial charge on any atom is -0.488 e. The first-order chi connectivity index (χ1) is 32.6. The van der Waals surface area contributed by atoms with Gasteiger partial charge in [0.05, 0.1) is 74.0 Å². The van der Waals surface area contributed by atoms with Crippen molar-refractivity contribution in [2.24, 2.45) is 11.8 Å². The van der Waals surface area contributed by atoms with E-state index < -0.39 is 18.2 Å². The highest BCUT2D eigenvalue weighted by molar-refractivity contribution is 6.07. The Kier molecular flexibility index (Phi) is 12.6. The summed E-state index contributed by atoms with van der Waals surface area (Å²) in [6.07, 6.45) is 7.73. The van der Waals surface area contributed by atoms with E-state index in [9.17, 15) is 14.4 Å². The molecule has 0 aliphatic carbocycles. The van der Waals surface area contributed by atoms with Gasteiger partial charge >= 0.3 is 12.2 Å². The van der Waals surface area contributed by atoms with Gasteiger partial charge in [0, 0.05) is 36.2 Å². The highest BCUT2D eigenvalue weighted by Gasteiger charge is 2.51. The molecule has 2 aromatic heterocycles. The number of rotatable bonds is 12. The second kappa shape index (κ2) is 18.8. The average molecular weight is 917 g/mol. The molecule has 5 aliphatic heterocycles. The largest absolute Gasteiger partial charge is 0.488 e. The van der Waals surface area contributed by atoms with E-state index in [-0.39, 0.29) is 54.1 Å². The van der Waals surface area contributed by atoms with Crippen LogP contribution in [-0.2, 0) is 30.3 Å². The predicted octanol–water partition coefficient (Wildman–Crippen LogP) is 8.32. The number of nitrogens with one attached hydrogen (secondary N) is 4. The lowest BCUT2D eigenvalue weighted by Crippen LogP contribution is -2.66. The number of imidazole rings is 2. The number of likely N-dealkylation sites (tertiary alicyclic amines) is 2. The maximum Gasteiger partial charge on any atom is 0.407 e. The first-order valence-electron chi connectivity index (χ1n) is 24.3. The van der Waals surface area contributed by atoms with Crippen molar-refractivity contribution in [1.29, 1.82) is 0 Å². The Morgan fingerprint density at radius 1 is 0.896 bits per heavy atom. The summed E-state index contributed by atoms with van der Waals surface area (Å²) < 4.78 is 28.3. The number of hydrogen-bond acceptors (Lipinski definition) is 11. The molecule has 0 saturated carbocycles. The Bertz CT molecular complexity index is 2640. The van der Waals surface area contributed by atoms with Crippen molar-refractivity contribution in [1.82, 2.24) is 40.4 Å². The topological polar surface area (TPSA) is 185 Å². The first-order valence-corrected chi connectivity index (χ1v) is 24.3. The van der Waals surface area contributed by atoms with Gasteiger partial charge in [-0.1, -0.05) is 45.4 Å². The second-order valence-corrected chi connectivity index (χ2v) is 19.3. The lowest BCUT2D eigenvalue weighted by atomic mass is 9.86. The smallest absolute Gasteiger partial charge is 0.407 e. The van der Waals surface area contributed by atoms with E-state index in [1.165, 1.54) is 14.2 Å². The Morgan fingerprint density at radius 3 is 2.43 bits per heavy atom. The summed E-state index contributed by atoms with van der Waals surface area (Å²) in [5.41, 5.74) is 6.98. The summed E-state index contributed by atoms with van der Waals surface area (Å²) in [5.74, 6) is 2.55. The maximum absolute atomic E-state index is 14.4. The van der Waals surface area contributed by atoms with Gasteiger partial charge in [-0.15, -0.1) is 0 Å². The number of H-pyrrole nitrogens is 2. The monoisotopic (exact) mass is 916 g/mol. The highest BCUT2D eigenvalue weighted by Crippen LogP contribution is 2.46. The van der Waals surface area contributed by atoms with Crippen molar-refractivity contribution in [3.8, 4) is 28.1 Å². The molecule has 4 N–H and O–H groups in total. The summed E-state index contributed by atoms with van der Waals surface area (Å²) in [4.78, 5) is 61.3. The molecule has 9 atom stereocenters. The lowest BCUT2D eigenvalue weighted by molar-refractivity contribution is -0.166. The molecule has 4 fully saturated rings. The van der Waals surface area contributed by atoms with Crippen molar-refractivity contribution in [3.63, 3.8) is 0 Å². The Labute approximate surface area is 391 Å². The number of ether oxygens (including phenoxy) is 5. The van der Waals surface area contributed by atoms with E-state index >= 15 is 0 Å². The minimum atomic E-state index is -0.713. The number of alkyl carbamates (subject to hydrolysis) is 2. The molecule has 3 amide bonds. The summed E-state index contributed by atoms with van der Waals surface area (Å²) in [6, 6.07) is 14.5. The molecule has 356 valence electrons. The van der Waals surface area contributed by atoms with Gasteiger partial charge in [-0.2, -0.15) is 0 Å². The van der Waals surface area contributed by atoms with Crippen LogP contribution < -0.4 is 15.4 Å². The molecule has 2 unspecified atom stereocenters. The zero-order valence-corrected chi connectivity index (χ0v) is 39.4. The third-order valence-electron chi connectivity index (χ3n) is 15.6. The second-order valence-electron chi connectivity index (χ2n) is 19.3. The third-order valence-corrected chi connectivity index (χ3v) is 15.6. The molecule has 16 heteroatoms. The number of nitrogens with zero attached hydrogens (tertiary/aromatic N) is 4. The fourth-order valence-corrected chi connectivity index (χ4v) is 11.7. The quantitative estimate of drug-likeness (QED) is 0.0944. The average Bonchev–Trinajstić information content (AvgIpc) is 4.17. The Balaban J connectivity index is 0.890. The normalized spacial score (nSPS) is 25.4. The van der Waals surface area contributed by atoms with Crippen LogP contribution in [-0.4, -0.2) is 118 Å². The van der Waals surface area contributed by atoms with Crippen LogP contribution in [0.25, 0.3) is 44.2 Å². The van der Waals surface area contributed by atoms with E-state index in [2.05, 4.69) is 95.7 Å². The van der Waals surface area contributed by atoms with Crippen LogP contribution in [0.5, 0.6) is 5.75 Å². The van der Waals surface area contributed by atoms with Gasteiger partial charge in [0.15, 0.2) is 0 Å². The summed E-state index contributed by atoms with van der Waals surface area (Å²) in [6.45, 7) is 10.8. The van der Waals surface area contributed by atoms with Crippen LogP contribution in [0, 0.1) is 11.8 Å². The standard InChI is InChI=1S/C51H64N8O8/c1-7-27(3)43(56-50(61)63-5)46-41(26-67-46)59-33(8-2)12-16-39(59)47-52-24-38(54-47)31-10-13-34-32(21-31)25-66-42-23-35-30(22-36(34)42)11-14-37-45(35)55-48(53-37)40-15-9-28(4)58(40)49(60)44(57-51(62)64-6)29-17-19-65-20-18-29/h10-11,13-14,21-24,27-29,33,39-41,43-44,46H,7-9,12,15-20,25-26H2,1-6H3,(H,52,54)(H,53,55)(H,56,61)(H,57,62)/t27-,28-,33-,39-,40-,41?,43-,44-,46?/m0/s1. The molecule has 7 heterocycles. The number of aromatic amines is 2. The van der Waals surface area contributed by atoms with E-state index in [1.54, 1.807) is 0 Å². The Morgan fingerprint density at radius 2 is 1.69 bits per heavy atom. The zero-order valence-electron chi connectivity index (χ0n) is 39.4. The molecular formula is C51H64N8O8. The molecule has 5 aliphatic rings. The molecule has 4 saturated heterocycles. The lowest BCUT2D eigenvalue weighted by Gasteiger charge is -2.50. The van der Waals surface area contributed by atoms with Crippen LogP contribution in [0.15, 0.2) is 48.7 Å². The number of benzene rings is 3. The predicted molar refractivity (Wildman–Crippen MR) is 252 cm³/mol. The Hall–Kier alpha value is -5.71.